The van der Waals surface area contributed by atoms with E-state index in [4.69, 9.17) is 5.11 Å². The largest absolute Gasteiger partial charge is 0.480 e. The second-order valence-electron chi connectivity index (χ2n) is 4.36. The second-order valence-corrected chi connectivity index (χ2v) is 4.36. The number of halogens is 3. The second kappa shape index (κ2) is 4.66. The van der Waals surface area contributed by atoms with Crippen molar-refractivity contribution in [3.05, 3.63) is 45.7 Å². The zero-order chi connectivity index (χ0) is 15.1. The van der Waals surface area contributed by atoms with E-state index < -0.39 is 29.7 Å². The number of carboxylic acid groups (broad SMARTS) is 1. The number of hydrogen-bond acceptors (Lipinski definition) is 2. The number of carboxylic acids is 1. The first-order chi connectivity index (χ1) is 9.20. The molecule has 0 unspecified atom stereocenters. The average molecular weight is 285 g/mol. The van der Waals surface area contributed by atoms with E-state index in [1.165, 1.54) is 11.5 Å². The molecular weight excluding hydrogens is 275 g/mol. The van der Waals surface area contributed by atoms with Crippen molar-refractivity contribution >= 4 is 16.9 Å². The predicted molar refractivity (Wildman–Crippen MR) is 65.6 cm³/mol. The average Bonchev–Trinajstić information content (AvgIpc) is 2.32. The molecular formula is C13H10F3NO3. The van der Waals surface area contributed by atoms with E-state index in [1.54, 1.807) is 0 Å². The van der Waals surface area contributed by atoms with Crippen LogP contribution in [0.3, 0.4) is 0 Å². The maximum Gasteiger partial charge on any atom is 0.416 e. The zero-order valence-electron chi connectivity index (χ0n) is 10.4. The van der Waals surface area contributed by atoms with Gasteiger partial charge in [-0.25, -0.2) is 0 Å². The summed E-state index contributed by atoms with van der Waals surface area (Å²) >= 11 is 0. The summed E-state index contributed by atoms with van der Waals surface area (Å²) in [7, 11) is 0. The fraction of sp³-hybridized carbons (Fsp3) is 0.231. The molecule has 2 rings (SSSR count). The van der Waals surface area contributed by atoms with Crippen LogP contribution in [0.4, 0.5) is 13.2 Å². The van der Waals surface area contributed by atoms with Crippen LogP contribution in [0.1, 0.15) is 11.3 Å². The van der Waals surface area contributed by atoms with Crippen LogP contribution in [-0.4, -0.2) is 15.6 Å². The van der Waals surface area contributed by atoms with Gasteiger partial charge in [0.05, 0.1) is 11.1 Å². The van der Waals surface area contributed by atoms with E-state index >= 15 is 0 Å². The molecule has 0 radical (unpaired) electrons. The summed E-state index contributed by atoms with van der Waals surface area (Å²) in [6, 6.07) is 3.83. The van der Waals surface area contributed by atoms with Gasteiger partial charge in [0.1, 0.15) is 6.54 Å². The third kappa shape index (κ3) is 2.52. The van der Waals surface area contributed by atoms with Gasteiger partial charge in [-0.05, 0) is 25.1 Å². The Balaban J connectivity index is 2.78. The lowest BCUT2D eigenvalue weighted by Gasteiger charge is -2.14. The van der Waals surface area contributed by atoms with E-state index in [0.29, 0.717) is 5.69 Å². The monoisotopic (exact) mass is 285 g/mol. The van der Waals surface area contributed by atoms with Crippen LogP contribution in [-0.2, 0) is 17.5 Å². The van der Waals surface area contributed by atoms with Gasteiger partial charge < -0.3 is 9.67 Å². The number of carbonyl (C=O) groups is 1. The Hall–Kier alpha value is -2.31. The first-order valence-electron chi connectivity index (χ1n) is 5.63. The van der Waals surface area contributed by atoms with Crippen molar-refractivity contribution in [2.45, 2.75) is 19.6 Å². The fourth-order valence-corrected chi connectivity index (χ4v) is 2.03. The highest BCUT2D eigenvalue weighted by molar-refractivity contribution is 5.81. The summed E-state index contributed by atoms with van der Waals surface area (Å²) < 4.78 is 39.2. The van der Waals surface area contributed by atoms with Gasteiger partial charge in [0.25, 0.3) is 0 Å². The van der Waals surface area contributed by atoms with Crippen molar-refractivity contribution in [2.75, 3.05) is 0 Å². The molecule has 1 heterocycles. The van der Waals surface area contributed by atoms with Crippen LogP contribution in [0.15, 0.2) is 29.1 Å². The van der Waals surface area contributed by atoms with Gasteiger partial charge in [0, 0.05) is 17.1 Å². The Morgan fingerprint density at radius 2 is 1.95 bits per heavy atom. The smallest absolute Gasteiger partial charge is 0.416 e. The van der Waals surface area contributed by atoms with Gasteiger partial charge in [-0.3, -0.25) is 9.59 Å². The van der Waals surface area contributed by atoms with Gasteiger partial charge >= 0.3 is 12.1 Å². The molecule has 0 saturated carbocycles. The Kier molecular flexibility index (Phi) is 3.29. The molecule has 7 heteroatoms. The number of alkyl halides is 3. The van der Waals surface area contributed by atoms with Crippen LogP contribution in [0, 0.1) is 6.92 Å². The molecule has 0 atom stereocenters. The number of pyridine rings is 1. The Bertz CT molecular complexity index is 747. The number of rotatable bonds is 2. The van der Waals surface area contributed by atoms with E-state index in [9.17, 15) is 22.8 Å². The molecule has 106 valence electrons. The lowest BCUT2D eigenvalue weighted by molar-refractivity contribution is -0.138. The van der Waals surface area contributed by atoms with E-state index in [-0.39, 0.29) is 10.9 Å². The van der Waals surface area contributed by atoms with Crippen LogP contribution in [0.2, 0.25) is 0 Å². The van der Waals surface area contributed by atoms with Gasteiger partial charge in [0.15, 0.2) is 5.43 Å². The minimum atomic E-state index is -4.55. The predicted octanol–water partition coefficient (Wildman–Crippen LogP) is 2.41. The van der Waals surface area contributed by atoms with Gasteiger partial charge in [-0.2, -0.15) is 13.2 Å². The number of aromatic nitrogens is 1. The molecule has 0 aliphatic heterocycles. The SMILES string of the molecule is Cc1cc(=O)c2cc(C(F)(F)F)ccc2n1CC(=O)O. The normalized spacial score (nSPS) is 11.8. The van der Waals surface area contributed by atoms with Crippen molar-refractivity contribution in [2.24, 2.45) is 0 Å². The van der Waals surface area contributed by atoms with Crippen molar-refractivity contribution in [1.29, 1.82) is 0 Å². The molecule has 1 N–H and O–H groups in total. The molecule has 2 aromatic rings. The molecule has 0 aliphatic carbocycles. The van der Waals surface area contributed by atoms with E-state index in [0.717, 1.165) is 24.3 Å². The lowest BCUT2D eigenvalue weighted by atomic mass is 10.1. The Morgan fingerprint density at radius 3 is 2.50 bits per heavy atom. The molecule has 1 aromatic carbocycles. The topological polar surface area (TPSA) is 59.3 Å². The van der Waals surface area contributed by atoms with Crippen molar-refractivity contribution in [3.63, 3.8) is 0 Å². The highest BCUT2D eigenvalue weighted by atomic mass is 19.4. The summed E-state index contributed by atoms with van der Waals surface area (Å²) in [6.07, 6.45) is -4.55. The van der Waals surface area contributed by atoms with Crippen LogP contribution in [0.5, 0.6) is 0 Å². The lowest BCUT2D eigenvalue weighted by Crippen LogP contribution is -2.17. The first-order valence-corrected chi connectivity index (χ1v) is 5.63. The first kappa shape index (κ1) is 14.1. The third-order valence-electron chi connectivity index (χ3n) is 2.94. The third-order valence-corrected chi connectivity index (χ3v) is 2.94. The molecule has 4 nitrogen and oxygen atoms in total. The minimum Gasteiger partial charge on any atom is -0.480 e. The van der Waals surface area contributed by atoms with Crippen molar-refractivity contribution < 1.29 is 23.1 Å². The van der Waals surface area contributed by atoms with Crippen molar-refractivity contribution in [1.82, 2.24) is 4.57 Å². The molecule has 0 aliphatic rings. The maximum absolute atomic E-state index is 12.6. The molecule has 0 spiro atoms. The summed E-state index contributed by atoms with van der Waals surface area (Å²) in [5.74, 6) is -1.14. The number of nitrogens with zero attached hydrogens (tertiary/aromatic N) is 1. The van der Waals surface area contributed by atoms with Gasteiger partial charge in [-0.15, -0.1) is 0 Å². The minimum absolute atomic E-state index is 0.147. The standard InChI is InChI=1S/C13H10F3NO3/c1-7-4-11(18)9-5-8(13(14,15)16)2-3-10(9)17(7)6-12(19)20/h2-5H,6H2,1H3,(H,19,20). The molecule has 0 fully saturated rings. The van der Waals surface area contributed by atoms with Crippen molar-refractivity contribution in [3.8, 4) is 0 Å². The van der Waals surface area contributed by atoms with Crippen LogP contribution >= 0.6 is 0 Å². The van der Waals surface area contributed by atoms with Gasteiger partial charge in [0.2, 0.25) is 0 Å². The zero-order valence-corrected chi connectivity index (χ0v) is 10.4. The van der Waals surface area contributed by atoms with E-state index in [1.807, 2.05) is 0 Å². The summed E-state index contributed by atoms with van der Waals surface area (Å²) in [6.45, 7) is 1.11. The summed E-state index contributed by atoms with van der Waals surface area (Å²) in [5, 5.41) is 8.68. The molecule has 0 amide bonds. The maximum atomic E-state index is 12.6. The Morgan fingerprint density at radius 1 is 1.30 bits per heavy atom. The fourth-order valence-electron chi connectivity index (χ4n) is 2.03. The Labute approximate surface area is 111 Å². The number of fused-ring (bicyclic) bond motifs is 1. The molecule has 1 aromatic heterocycles. The van der Waals surface area contributed by atoms with Gasteiger partial charge in [-0.1, -0.05) is 0 Å². The molecule has 0 bridgehead atoms. The number of benzene rings is 1. The summed E-state index contributed by atoms with van der Waals surface area (Å²) in [5.41, 5.74) is -0.951. The van der Waals surface area contributed by atoms with E-state index in [2.05, 4.69) is 0 Å². The molecule has 0 saturated heterocycles. The number of aryl methyl sites for hydroxylation is 1. The number of hydrogen-bond donors (Lipinski definition) is 1. The highest BCUT2D eigenvalue weighted by Gasteiger charge is 2.30. The quantitative estimate of drug-likeness (QED) is 0.921. The molecule has 20 heavy (non-hydrogen) atoms. The van der Waals surface area contributed by atoms with Crippen LogP contribution < -0.4 is 5.43 Å². The number of aliphatic carboxylic acids is 1. The van der Waals surface area contributed by atoms with Crippen LogP contribution in [0.25, 0.3) is 10.9 Å². The highest BCUT2D eigenvalue weighted by Crippen LogP contribution is 2.30. The summed E-state index contributed by atoms with van der Waals surface area (Å²) in [4.78, 5) is 22.6.